The van der Waals surface area contributed by atoms with E-state index >= 15 is 0 Å². The average molecular weight is 407 g/mol. The fraction of sp³-hybridized carbons (Fsp3) is 1.00. The molecule has 5 heteroatoms. The first-order valence-electron chi connectivity index (χ1n) is 5.37. The Kier molecular flexibility index (Phi) is 49.9. The van der Waals surface area contributed by atoms with E-state index in [1.165, 1.54) is 0 Å². The molecule has 0 N–H and O–H groups in total. The summed E-state index contributed by atoms with van der Waals surface area (Å²) in [7, 11) is 1.52. The van der Waals surface area contributed by atoms with Crippen LogP contribution in [0.3, 0.4) is 0 Å². The van der Waals surface area contributed by atoms with E-state index in [0.29, 0.717) is 31.7 Å². The van der Waals surface area contributed by atoms with Crippen LogP contribution in [0, 0.1) is 0 Å². The fourth-order valence-corrected chi connectivity index (χ4v) is 0. The van der Waals surface area contributed by atoms with Gasteiger partial charge in [0.2, 0.25) is 0 Å². The summed E-state index contributed by atoms with van der Waals surface area (Å²) in [5, 5.41) is 0. The van der Waals surface area contributed by atoms with E-state index in [9.17, 15) is 0 Å². The molecule has 0 aromatic heterocycles. The van der Waals surface area contributed by atoms with Crippen molar-refractivity contribution in [3.8, 4) is 0 Å². The van der Waals surface area contributed by atoms with Crippen LogP contribution in [-0.4, -0.2) is 80.0 Å². The van der Waals surface area contributed by atoms with Crippen molar-refractivity contribution in [2.24, 2.45) is 0 Å². The van der Waals surface area contributed by atoms with Gasteiger partial charge in [0, 0.05) is 0 Å². The molecule has 0 fully saturated rings. The van der Waals surface area contributed by atoms with E-state index in [1.807, 2.05) is 0 Å². The molecule has 0 heterocycles. The molecule has 0 saturated carbocycles. The van der Waals surface area contributed by atoms with E-state index in [1.54, 1.807) is 0 Å². The van der Waals surface area contributed by atoms with E-state index < -0.39 is 0 Å². The normalized spacial score (nSPS) is 8.47. The van der Waals surface area contributed by atoms with Crippen LogP contribution in [0.4, 0.5) is 0 Å². The molecule has 0 aliphatic heterocycles. The van der Waals surface area contributed by atoms with E-state index in [0.717, 1.165) is 0 Å². The van der Waals surface area contributed by atoms with Gasteiger partial charge in [0.15, 0.2) is 0 Å². The first kappa shape index (κ1) is 31.6. The Morgan fingerprint density at radius 2 is 0.294 bits per heavy atom. The van der Waals surface area contributed by atoms with Crippen LogP contribution in [-0.2, 0) is 19.5 Å². The molecule has 0 amide bonds. The fourth-order valence-electron chi connectivity index (χ4n) is 0. The summed E-state index contributed by atoms with van der Waals surface area (Å²) in [5.74, 6) is 0. The Labute approximate surface area is 131 Å². The Bertz CT molecular complexity index is 61.5. The molecule has 0 atom stereocenters. The van der Waals surface area contributed by atoms with E-state index in [-0.39, 0.29) is 19.5 Å². The summed E-state index contributed by atoms with van der Waals surface area (Å²) < 4.78 is 0. The van der Waals surface area contributed by atoms with Crippen molar-refractivity contribution in [1.82, 2.24) is 0 Å². The van der Waals surface area contributed by atoms with E-state index in [4.69, 9.17) is 0 Å². The van der Waals surface area contributed by atoms with Crippen LogP contribution in [0.5, 0.6) is 0 Å². The van der Waals surface area contributed by atoms with E-state index in [2.05, 4.69) is 80.0 Å². The zero-order chi connectivity index (χ0) is 14.3. The van der Waals surface area contributed by atoms with Crippen LogP contribution in [0.25, 0.3) is 0 Å². The maximum atomic E-state index is 2.23. The molecule has 0 saturated heterocycles. The second-order valence-corrected chi connectivity index (χ2v) is 16.1. The van der Waals surface area contributed by atoms with Gasteiger partial charge in [-0.15, -0.1) is 31.7 Å². The van der Waals surface area contributed by atoms with Crippen LogP contribution >= 0.6 is 31.7 Å². The van der Waals surface area contributed by atoms with Gasteiger partial charge >= 0.3 is 19.5 Å². The van der Waals surface area contributed by atoms with Gasteiger partial charge in [-0.05, 0) is 80.0 Å². The molecule has 0 aromatic rings. The van der Waals surface area contributed by atoms with Crippen molar-refractivity contribution < 1.29 is 19.5 Å². The second-order valence-electron chi connectivity index (χ2n) is 5.37. The Hall–Kier alpha value is 2.34. The maximum absolute atomic E-state index is 2.23. The van der Waals surface area contributed by atoms with Crippen LogP contribution in [0.2, 0.25) is 0 Å². The van der Waals surface area contributed by atoms with Gasteiger partial charge in [0.25, 0.3) is 0 Å². The zero-order valence-electron chi connectivity index (χ0n) is 14.2. The minimum atomic E-state index is 0. The first-order chi connectivity index (χ1) is 6.93. The summed E-state index contributed by atoms with van der Waals surface area (Å²) in [6.07, 6.45) is 0. The van der Waals surface area contributed by atoms with Crippen molar-refractivity contribution in [2.45, 2.75) is 0 Å². The summed E-state index contributed by atoms with van der Waals surface area (Å²) in [5.41, 5.74) is 0. The van der Waals surface area contributed by atoms with Gasteiger partial charge in [0.05, 0.1) is 0 Å². The molecular formula is C12H38P4Ru. The number of rotatable bonds is 0. The second kappa shape index (κ2) is 26.8. The zero-order valence-corrected chi connectivity index (χ0v) is 19.8. The average Bonchev–Trinajstić information content (AvgIpc) is 1.76. The monoisotopic (exact) mass is 408 g/mol. The Morgan fingerprint density at radius 1 is 0.294 bits per heavy atom. The van der Waals surface area contributed by atoms with Crippen molar-refractivity contribution in [1.29, 1.82) is 0 Å². The topological polar surface area (TPSA) is 0 Å². The number of hydrogen-bond donors (Lipinski definition) is 0. The van der Waals surface area contributed by atoms with Gasteiger partial charge in [-0.1, -0.05) is 0 Å². The third-order valence-electron chi connectivity index (χ3n) is 0. The van der Waals surface area contributed by atoms with Gasteiger partial charge in [-0.3, -0.25) is 0 Å². The molecule has 0 aromatic carbocycles. The molecular weight excluding hydrogens is 369 g/mol. The summed E-state index contributed by atoms with van der Waals surface area (Å²) in [6.45, 7) is 26.8. The van der Waals surface area contributed by atoms with Gasteiger partial charge in [0.1, 0.15) is 0 Å². The van der Waals surface area contributed by atoms with Crippen LogP contribution in [0.15, 0.2) is 0 Å². The van der Waals surface area contributed by atoms with Crippen LogP contribution in [0.1, 0.15) is 0 Å². The molecule has 0 unspecified atom stereocenters. The van der Waals surface area contributed by atoms with Crippen molar-refractivity contribution in [2.75, 3.05) is 80.0 Å². The SMILES string of the molecule is CP(C)C.CP(C)C.CP(C)C.CP(C)C.[RuH2]. The van der Waals surface area contributed by atoms with Crippen molar-refractivity contribution in [3.63, 3.8) is 0 Å². The molecule has 0 nitrogen and oxygen atoms in total. The van der Waals surface area contributed by atoms with Crippen molar-refractivity contribution >= 4 is 31.7 Å². The predicted molar refractivity (Wildman–Crippen MR) is 102 cm³/mol. The van der Waals surface area contributed by atoms with Gasteiger partial charge < -0.3 is 0 Å². The molecule has 0 radical (unpaired) electrons. The Balaban J connectivity index is -0.0000000369. The molecule has 0 spiro atoms. The molecule has 17 heavy (non-hydrogen) atoms. The van der Waals surface area contributed by atoms with Gasteiger partial charge in [-0.2, -0.15) is 0 Å². The predicted octanol–water partition coefficient (Wildman–Crippen LogP) is 4.89. The van der Waals surface area contributed by atoms with Gasteiger partial charge in [-0.25, -0.2) is 0 Å². The Morgan fingerprint density at radius 3 is 0.294 bits per heavy atom. The third kappa shape index (κ3) is 892. The van der Waals surface area contributed by atoms with Crippen LogP contribution < -0.4 is 0 Å². The molecule has 114 valence electrons. The first-order valence-corrected chi connectivity index (χ1v) is 16.1. The van der Waals surface area contributed by atoms with Crippen molar-refractivity contribution in [3.05, 3.63) is 0 Å². The number of hydrogen-bond acceptors (Lipinski definition) is 0. The summed E-state index contributed by atoms with van der Waals surface area (Å²) >= 11 is 0. The molecule has 0 aliphatic carbocycles. The summed E-state index contributed by atoms with van der Waals surface area (Å²) in [6, 6.07) is 0. The minimum absolute atomic E-state index is 0. The third-order valence-corrected chi connectivity index (χ3v) is 0. The standard InChI is InChI=1S/4C3H9P.Ru.2H/c4*1-4(2)3;;;/h4*1-3H3;;;. The molecule has 0 aliphatic rings. The molecule has 0 bridgehead atoms. The summed E-state index contributed by atoms with van der Waals surface area (Å²) in [4.78, 5) is 0. The molecule has 0 rings (SSSR count). The quantitative estimate of drug-likeness (QED) is 0.396.